The molecule has 0 radical (unpaired) electrons. The van der Waals surface area contributed by atoms with Crippen molar-refractivity contribution in [3.63, 3.8) is 0 Å². The second-order valence-electron chi connectivity index (χ2n) is 5.75. The quantitative estimate of drug-likeness (QED) is 0.617. The summed E-state index contributed by atoms with van der Waals surface area (Å²) in [6.07, 6.45) is 0.722. The van der Waals surface area contributed by atoms with Crippen LogP contribution in [0.3, 0.4) is 0 Å². The van der Waals surface area contributed by atoms with E-state index in [4.69, 9.17) is 14.6 Å². The van der Waals surface area contributed by atoms with Crippen LogP contribution in [0.4, 0.5) is 4.79 Å². The van der Waals surface area contributed by atoms with E-state index < -0.39 is 5.97 Å². The Morgan fingerprint density at radius 2 is 2.05 bits per heavy atom. The highest BCUT2D eigenvalue weighted by atomic mass is 16.6. The van der Waals surface area contributed by atoms with Crippen LogP contribution >= 0.6 is 0 Å². The van der Waals surface area contributed by atoms with Crippen molar-refractivity contribution in [1.29, 1.82) is 0 Å². The Morgan fingerprint density at radius 1 is 1.29 bits per heavy atom. The Kier molecular flexibility index (Phi) is 8.07. The molecule has 7 nitrogen and oxygen atoms in total. The fraction of sp³-hybridized carbons (Fsp3) is 0.857. The number of nitrogens with one attached hydrogen (secondary N) is 2. The van der Waals surface area contributed by atoms with Crippen molar-refractivity contribution in [3.05, 3.63) is 0 Å². The van der Waals surface area contributed by atoms with Crippen molar-refractivity contribution in [2.45, 2.75) is 32.8 Å². The molecule has 3 N–H and O–H groups in total. The van der Waals surface area contributed by atoms with Gasteiger partial charge in [-0.05, 0) is 18.3 Å². The summed E-state index contributed by atoms with van der Waals surface area (Å²) >= 11 is 0. The predicted octanol–water partition coefficient (Wildman–Crippen LogP) is 0.838. The van der Waals surface area contributed by atoms with Crippen LogP contribution in [0.5, 0.6) is 0 Å². The molecule has 1 heterocycles. The van der Waals surface area contributed by atoms with Crippen molar-refractivity contribution < 1.29 is 24.2 Å². The van der Waals surface area contributed by atoms with Gasteiger partial charge in [0, 0.05) is 19.5 Å². The number of carboxylic acid groups (broad SMARTS) is 1. The molecule has 0 saturated carbocycles. The Hall–Kier alpha value is -1.34. The highest BCUT2D eigenvalue weighted by Crippen LogP contribution is 2.14. The van der Waals surface area contributed by atoms with Crippen LogP contribution in [0, 0.1) is 11.8 Å². The van der Waals surface area contributed by atoms with Gasteiger partial charge in [-0.2, -0.15) is 0 Å². The normalized spacial score (nSPS) is 20.0. The minimum absolute atomic E-state index is 0.0532. The summed E-state index contributed by atoms with van der Waals surface area (Å²) in [6, 6.07) is -0.302. The summed E-state index contributed by atoms with van der Waals surface area (Å²) in [5, 5.41) is 14.3. The zero-order chi connectivity index (χ0) is 15.7. The van der Waals surface area contributed by atoms with Crippen LogP contribution in [0.15, 0.2) is 0 Å². The van der Waals surface area contributed by atoms with Gasteiger partial charge in [0.05, 0.1) is 25.9 Å². The number of aliphatic carboxylic acids is 1. The number of carboxylic acids is 1. The number of carbonyl (C=O) groups excluding carboxylic acids is 1. The summed E-state index contributed by atoms with van der Waals surface area (Å²) in [7, 11) is 0. The Labute approximate surface area is 125 Å². The van der Waals surface area contributed by atoms with E-state index >= 15 is 0 Å². The molecule has 1 rings (SSSR count). The second kappa shape index (κ2) is 9.57. The minimum Gasteiger partial charge on any atom is -0.481 e. The van der Waals surface area contributed by atoms with Crippen LogP contribution in [-0.4, -0.2) is 56.1 Å². The van der Waals surface area contributed by atoms with Gasteiger partial charge in [-0.1, -0.05) is 13.8 Å². The SMILES string of the molecule is CC(C)C[C@H](CNC(=O)NCC1COCCO1)CC(=O)O. The first kappa shape index (κ1) is 17.7. The van der Waals surface area contributed by atoms with Crippen LogP contribution in [0.25, 0.3) is 0 Å². The Bertz CT molecular complexity index is 329. The first-order chi connectivity index (χ1) is 9.97. The molecule has 1 saturated heterocycles. The number of urea groups is 1. The van der Waals surface area contributed by atoms with Crippen molar-refractivity contribution in [2.24, 2.45) is 11.8 Å². The van der Waals surface area contributed by atoms with Gasteiger partial charge in [0.25, 0.3) is 0 Å². The van der Waals surface area contributed by atoms with Crippen LogP contribution in [0.1, 0.15) is 26.7 Å². The van der Waals surface area contributed by atoms with Gasteiger partial charge in [-0.25, -0.2) is 4.79 Å². The highest BCUT2D eigenvalue weighted by molar-refractivity contribution is 5.74. The van der Waals surface area contributed by atoms with Crippen molar-refractivity contribution in [1.82, 2.24) is 10.6 Å². The third-order valence-corrected chi connectivity index (χ3v) is 3.19. The molecule has 7 heteroatoms. The van der Waals surface area contributed by atoms with E-state index in [1.165, 1.54) is 0 Å². The smallest absolute Gasteiger partial charge is 0.314 e. The number of ether oxygens (including phenoxy) is 2. The van der Waals surface area contributed by atoms with Gasteiger partial charge in [0.1, 0.15) is 0 Å². The van der Waals surface area contributed by atoms with Crippen molar-refractivity contribution in [2.75, 3.05) is 32.9 Å². The average Bonchev–Trinajstić information content (AvgIpc) is 2.42. The van der Waals surface area contributed by atoms with Crippen LogP contribution in [-0.2, 0) is 14.3 Å². The second-order valence-corrected chi connectivity index (χ2v) is 5.75. The van der Waals surface area contributed by atoms with E-state index in [0.717, 1.165) is 6.42 Å². The molecular weight excluding hydrogens is 276 g/mol. The first-order valence-electron chi connectivity index (χ1n) is 7.40. The molecule has 0 aliphatic carbocycles. The third kappa shape index (κ3) is 8.52. The van der Waals surface area contributed by atoms with Gasteiger partial charge >= 0.3 is 12.0 Å². The molecule has 0 spiro atoms. The lowest BCUT2D eigenvalue weighted by molar-refractivity contribution is -0.138. The molecular formula is C14H26N2O5. The van der Waals surface area contributed by atoms with E-state index in [1.807, 2.05) is 13.8 Å². The topological polar surface area (TPSA) is 96.9 Å². The first-order valence-corrected chi connectivity index (χ1v) is 7.40. The molecule has 1 fully saturated rings. The summed E-state index contributed by atoms with van der Waals surface area (Å²) in [5.74, 6) is -0.495. The van der Waals surface area contributed by atoms with Crippen molar-refractivity contribution >= 4 is 12.0 Å². The number of hydrogen-bond acceptors (Lipinski definition) is 4. The zero-order valence-corrected chi connectivity index (χ0v) is 12.8. The molecule has 0 aromatic heterocycles. The maximum absolute atomic E-state index is 11.7. The molecule has 21 heavy (non-hydrogen) atoms. The summed E-state index contributed by atoms with van der Waals surface area (Å²) < 4.78 is 10.7. The van der Waals surface area contributed by atoms with Crippen LogP contribution < -0.4 is 10.6 Å². The molecule has 122 valence electrons. The Morgan fingerprint density at radius 3 is 2.62 bits per heavy atom. The summed E-state index contributed by atoms with van der Waals surface area (Å²) in [6.45, 7) is 6.44. The summed E-state index contributed by atoms with van der Waals surface area (Å²) in [5.41, 5.74) is 0. The van der Waals surface area contributed by atoms with Gasteiger partial charge in [-0.15, -0.1) is 0 Å². The van der Waals surface area contributed by atoms with E-state index in [1.54, 1.807) is 0 Å². The summed E-state index contributed by atoms with van der Waals surface area (Å²) in [4.78, 5) is 22.5. The number of amides is 2. The number of hydrogen-bond donors (Lipinski definition) is 3. The molecule has 1 aliphatic rings. The lowest BCUT2D eigenvalue weighted by Gasteiger charge is -2.23. The van der Waals surface area contributed by atoms with Crippen molar-refractivity contribution in [3.8, 4) is 0 Å². The van der Waals surface area contributed by atoms with Gasteiger partial charge < -0.3 is 25.2 Å². The predicted molar refractivity (Wildman–Crippen MR) is 77.2 cm³/mol. The molecule has 2 atom stereocenters. The molecule has 1 aliphatic heterocycles. The minimum atomic E-state index is -0.837. The maximum Gasteiger partial charge on any atom is 0.314 e. The van der Waals surface area contributed by atoms with Gasteiger partial charge in [0.2, 0.25) is 0 Å². The molecule has 2 amide bonds. The molecule has 0 aromatic rings. The fourth-order valence-corrected chi connectivity index (χ4v) is 2.31. The Balaban J connectivity index is 2.23. The third-order valence-electron chi connectivity index (χ3n) is 3.19. The maximum atomic E-state index is 11.7. The standard InChI is InChI=1S/C14H26N2O5/c1-10(2)5-11(6-13(17)18)7-15-14(19)16-8-12-9-20-3-4-21-12/h10-12H,3-9H2,1-2H3,(H,17,18)(H2,15,16,19)/t11-,12?/m0/s1. The van der Waals surface area contributed by atoms with E-state index in [9.17, 15) is 9.59 Å². The van der Waals surface area contributed by atoms with E-state index in [0.29, 0.717) is 38.8 Å². The van der Waals surface area contributed by atoms with Gasteiger partial charge in [-0.3, -0.25) is 4.79 Å². The molecule has 0 bridgehead atoms. The van der Waals surface area contributed by atoms with Crippen LogP contribution in [0.2, 0.25) is 0 Å². The number of rotatable bonds is 8. The highest BCUT2D eigenvalue weighted by Gasteiger charge is 2.17. The van der Waals surface area contributed by atoms with Gasteiger partial charge in [0.15, 0.2) is 0 Å². The lowest BCUT2D eigenvalue weighted by Crippen LogP contribution is -2.45. The largest absolute Gasteiger partial charge is 0.481 e. The molecule has 1 unspecified atom stereocenters. The fourth-order valence-electron chi connectivity index (χ4n) is 2.31. The zero-order valence-electron chi connectivity index (χ0n) is 12.8. The lowest BCUT2D eigenvalue weighted by atomic mass is 9.94. The molecule has 0 aromatic carbocycles. The van der Waals surface area contributed by atoms with E-state index in [-0.39, 0.29) is 24.5 Å². The monoisotopic (exact) mass is 302 g/mol. The number of carbonyl (C=O) groups is 2. The average molecular weight is 302 g/mol. The van der Waals surface area contributed by atoms with E-state index in [2.05, 4.69) is 10.6 Å².